The Morgan fingerprint density at radius 3 is 2.58 bits per heavy atom. The van der Waals surface area contributed by atoms with Gasteiger partial charge in [0.15, 0.2) is 0 Å². The molecule has 2 aromatic carbocycles. The van der Waals surface area contributed by atoms with Gasteiger partial charge in [-0.3, -0.25) is 0 Å². The lowest BCUT2D eigenvalue weighted by Crippen LogP contribution is -2.41. The first-order valence-electron chi connectivity index (χ1n) is 8.28. The van der Waals surface area contributed by atoms with Crippen molar-refractivity contribution < 1.29 is 9.13 Å². The van der Waals surface area contributed by atoms with Crippen molar-refractivity contribution in [3.05, 3.63) is 51.8 Å². The summed E-state index contributed by atoms with van der Waals surface area (Å²) in [6, 6.07) is 8.89. The summed E-state index contributed by atoms with van der Waals surface area (Å²) in [6.07, 6.45) is 4.47. The molecule has 5 heteroatoms. The minimum atomic E-state index is -0.295. The van der Waals surface area contributed by atoms with E-state index in [0.29, 0.717) is 39.4 Å². The molecule has 0 amide bonds. The Morgan fingerprint density at radius 2 is 1.92 bits per heavy atom. The molecule has 0 bridgehead atoms. The number of hydrogen-bond donors (Lipinski definition) is 1. The molecule has 1 atom stereocenters. The number of benzene rings is 2. The second-order valence-corrected chi connectivity index (χ2v) is 7.33. The van der Waals surface area contributed by atoms with Gasteiger partial charge in [0.25, 0.3) is 0 Å². The van der Waals surface area contributed by atoms with Crippen molar-refractivity contribution in [1.82, 2.24) is 5.32 Å². The molecule has 1 N–H and O–H groups in total. The molecule has 1 heterocycles. The summed E-state index contributed by atoms with van der Waals surface area (Å²) >= 11 is 12.6. The summed E-state index contributed by atoms with van der Waals surface area (Å²) < 4.78 is 20.2. The largest absolute Gasteiger partial charge is 0.488 e. The van der Waals surface area contributed by atoms with Crippen LogP contribution in [0.2, 0.25) is 10.0 Å². The number of nitrogens with one attached hydrogen (secondary N) is 1. The summed E-state index contributed by atoms with van der Waals surface area (Å²) in [4.78, 5) is 0. The van der Waals surface area contributed by atoms with Crippen LogP contribution in [0.25, 0.3) is 11.1 Å². The summed E-state index contributed by atoms with van der Waals surface area (Å²) in [5.41, 5.74) is 2.14. The van der Waals surface area contributed by atoms with Crippen molar-refractivity contribution in [2.24, 2.45) is 0 Å². The van der Waals surface area contributed by atoms with Crippen molar-refractivity contribution in [1.29, 1.82) is 0 Å². The highest BCUT2D eigenvalue weighted by molar-refractivity contribution is 6.39. The van der Waals surface area contributed by atoms with Gasteiger partial charge in [0.2, 0.25) is 0 Å². The second kappa shape index (κ2) is 6.55. The third-order valence-electron chi connectivity index (χ3n) is 4.83. The second-order valence-electron chi connectivity index (χ2n) is 6.52. The van der Waals surface area contributed by atoms with Gasteiger partial charge < -0.3 is 10.1 Å². The zero-order chi connectivity index (χ0) is 16.7. The molecule has 0 spiro atoms. The van der Waals surface area contributed by atoms with Crippen LogP contribution in [0.4, 0.5) is 4.39 Å². The topological polar surface area (TPSA) is 21.3 Å². The first-order chi connectivity index (χ1) is 11.6. The molecule has 1 saturated carbocycles. The molecule has 0 saturated heterocycles. The molecule has 126 valence electrons. The lowest BCUT2D eigenvalue weighted by molar-refractivity contribution is 0.208. The lowest BCUT2D eigenvalue weighted by Gasteiger charge is -2.27. The van der Waals surface area contributed by atoms with E-state index in [4.69, 9.17) is 27.9 Å². The zero-order valence-corrected chi connectivity index (χ0v) is 14.6. The third-order valence-corrected chi connectivity index (χ3v) is 5.46. The number of ether oxygens (including phenoxy) is 1. The summed E-state index contributed by atoms with van der Waals surface area (Å²) in [7, 11) is 0. The maximum atomic E-state index is 14.1. The first-order valence-corrected chi connectivity index (χ1v) is 9.04. The SMILES string of the molecule is Fc1cc2c(c(-c3c(Cl)cccc3Cl)c1)OC(CNC1CCC1)C2. The quantitative estimate of drug-likeness (QED) is 0.799. The van der Waals surface area contributed by atoms with Crippen LogP contribution in [0.1, 0.15) is 24.8 Å². The number of halogens is 3. The Labute approximate surface area is 150 Å². The Morgan fingerprint density at radius 1 is 1.17 bits per heavy atom. The van der Waals surface area contributed by atoms with E-state index in [1.54, 1.807) is 24.3 Å². The number of hydrogen-bond acceptors (Lipinski definition) is 2. The molecule has 4 rings (SSSR count). The Kier molecular flexibility index (Phi) is 4.42. The molecule has 2 aliphatic rings. The average Bonchev–Trinajstić information content (AvgIpc) is 2.88. The third kappa shape index (κ3) is 3.01. The summed E-state index contributed by atoms with van der Waals surface area (Å²) in [5.74, 6) is 0.405. The van der Waals surface area contributed by atoms with Gasteiger partial charge in [-0.15, -0.1) is 0 Å². The van der Waals surface area contributed by atoms with Crippen molar-refractivity contribution in [3.63, 3.8) is 0 Å². The molecular formula is C19H18Cl2FNO. The van der Waals surface area contributed by atoms with E-state index in [9.17, 15) is 4.39 Å². The highest BCUT2D eigenvalue weighted by Crippen LogP contribution is 2.44. The van der Waals surface area contributed by atoms with Crippen LogP contribution in [0.15, 0.2) is 30.3 Å². The fourth-order valence-electron chi connectivity index (χ4n) is 3.36. The first kappa shape index (κ1) is 16.2. The normalized spacial score (nSPS) is 19.7. The number of rotatable bonds is 4. The maximum absolute atomic E-state index is 14.1. The monoisotopic (exact) mass is 365 g/mol. The van der Waals surface area contributed by atoms with E-state index in [-0.39, 0.29) is 11.9 Å². The van der Waals surface area contributed by atoms with Crippen LogP contribution in [-0.4, -0.2) is 18.7 Å². The minimum absolute atomic E-state index is 0.0161. The fraction of sp³-hybridized carbons (Fsp3) is 0.368. The Hall–Kier alpha value is -1.29. The van der Waals surface area contributed by atoms with Crippen LogP contribution in [0, 0.1) is 5.82 Å². The molecule has 1 unspecified atom stereocenters. The van der Waals surface area contributed by atoms with E-state index in [1.807, 2.05) is 0 Å². The van der Waals surface area contributed by atoms with Gasteiger partial charge >= 0.3 is 0 Å². The van der Waals surface area contributed by atoms with E-state index in [2.05, 4.69) is 5.32 Å². The van der Waals surface area contributed by atoms with E-state index in [1.165, 1.54) is 25.3 Å². The summed E-state index contributed by atoms with van der Waals surface area (Å²) in [6.45, 7) is 0.774. The molecule has 0 radical (unpaired) electrons. The Balaban J connectivity index is 1.64. The van der Waals surface area contributed by atoms with Crippen LogP contribution in [0.5, 0.6) is 5.75 Å². The summed E-state index contributed by atoms with van der Waals surface area (Å²) in [5, 5.41) is 4.51. The molecule has 2 aromatic rings. The number of fused-ring (bicyclic) bond motifs is 1. The smallest absolute Gasteiger partial charge is 0.131 e. The predicted molar refractivity (Wildman–Crippen MR) is 95.6 cm³/mol. The molecule has 1 aliphatic heterocycles. The molecular weight excluding hydrogens is 348 g/mol. The fourth-order valence-corrected chi connectivity index (χ4v) is 3.96. The zero-order valence-electron chi connectivity index (χ0n) is 13.1. The standard InChI is InChI=1S/C19H18Cl2FNO/c20-16-5-2-6-17(21)18(16)15-9-12(22)7-11-8-14(24-19(11)15)10-23-13-3-1-4-13/h2,5-7,9,13-14,23H,1,3-4,8,10H2. The van der Waals surface area contributed by atoms with Gasteiger partial charge in [0.05, 0.1) is 10.0 Å². The lowest BCUT2D eigenvalue weighted by atomic mass is 9.93. The van der Waals surface area contributed by atoms with Crippen molar-refractivity contribution in [2.45, 2.75) is 37.8 Å². The molecule has 0 aromatic heterocycles. The van der Waals surface area contributed by atoms with Crippen molar-refractivity contribution >= 4 is 23.2 Å². The van der Waals surface area contributed by atoms with Crippen molar-refractivity contribution in [2.75, 3.05) is 6.54 Å². The van der Waals surface area contributed by atoms with Crippen molar-refractivity contribution in [3.8, 4) is 16.9 Å². The maximum Gasteiger partial charge on any atom is 0.131 e. The average molecular weight is 366 g/mol. The molecule has 24 heavy (non-hydrogen) atoms. The van der Waals surface area contributed by atoms with Crippen LogP contribution >= 0.6 is 23.2 Å². The molecule has 1 fully saturated rings. The van der Waals surface area contributed by atoms with Gasteiger partial charge in [-0.1, -0.05) is 35.7 Å². The Bertz CT molecular complexity index is 756. The van der Waals surface area contributed by atoms with E-state index >= 15 is 0 Å². The van der Waals surface area contributed by atoms with Gasteiger partial charge in [-0.05, 0) is 37.1 Å². The van der Waals surface area contributed by atoms with E-state index < -0.39 is 0 Å². The van der Waals surface area contributed by atoms with Gasteiger partial charge in [0.1, 0.15) is 17.7 Å². The van der Waals surface area contributed by atoms with Crippen LogP contribution in [-0.2, 0) is 6.42 Å². The van der Waals surface area contributed by atoms with E-state index in [0.717, 1.165) is 12.1 Å². The van der Waals surface area contributed by atoms with Crippen LogP contribution < -0.4 is 10.1 Å². The highest BCUT2D eigenvalue weighted by Gasteiger charge is 2.29. The highest BCUT2D eigenvalue weighted by atomic mass is 35.5. The van der Waals surface area contributed by atoms with Crippen LogP contribution in [0.3, 0.4) is 0 Å². The molecule has 2 nitrogen and oxygen atoms in total. The van der Waals surface area contributed by atoms with Gasteiger partial charge in [-0.25, -0.2) is 4.39 Å². The predicted octanol–water partition coefficient (Wildman–Crippen LogP) is 5.25. The van der Waals surface area contributed by atoms with Gasteiger partial charge in [0, 0.05) is 35.7 Å². The molecule has 1 aliphatic carbocycles. The van der Waals surface area contributed by atoms with Gasteiger partial charge in [-0.2, -0.15) is 0 Å². The minimum Gasteiger partial charge on any atom is -0.488 e.